The normalized spacial score (nSPS) is 19.9. The topological polar surface area (TPSA) is 60.0 Å². The Morgan fingerprint density at radius 3 is 2.81 bits per heavy atom. The van der Waals surface area contributed by atoms with E-state index in [-0.39, 0.29) is 24.4 Å². The Balaban J connectivity index is 0.00000363. The molecule has 1 aliphatic heterocycles. The van der Waals surface area contributed by atoms with Crippen molar-refractivity contribution in [2.24, 2.45) is 0 Å². The number of aryl methyl sites for hydroxylation is 1. The van der Waals surface area contributed by atoms with Gasteiger partial charge in [0.05, 0.1) is 13.7 Å². The molecule has 174 valence electrons. The van der Waals surface area contributed by atoms with E-state index < -0.39 is 5.60 Å². The van der Waals surface area contributed by atoms with Gasteiger partial charge in [0.1, 0.15) is 17.6 Å². The molecule has 1 aliphatic rings. The monoisotopic (exact) mass is 477 g/mol. The molecule has 0 aromatic heterocycles. The van der Waals surface area contributed by atoms with Crippen LogP contribution in [0.3, 0.4) is 0 Å². The van der Waals surface area contributed by atoms with Crippen molar-refractivity contribution in [2.45, 2.75) is 43.8 Å². The molecule has 1 heterocycles. The van der Waals surface area contributed by atoms with E-state index in [0.29, 0.717) is 30.9 Å². The van der Waals surface area contributed by atoms with Crippen molar-refractivity contribution < 1.29 is 19.3 Å². The lowest BCUT2D eigenvalue weighted by molar-refractivity contribution is -0.0393. The third kappa shape index (κ3) is 7.91. The Morgan fingerprint density at radius 2 is 2.06 bits per heavy atom. The third-order valence-corrected chi connectivity index (χ3v) is 5.68. The molecule has 2 aromatic carbocycles. The van der Waals surface area contributed by atoms with Crippen molar-refractivity contribution in [3.05, 3.63) is 59.2 Å². The number of nitrogens with one attached hydrogen (secondary N) is 1. The first kappa shape index (κ1) is 26.4. The van der Waals surface area contributed by atoms with Crippen LogP contribution in [0.5, 0.6) is 11.5 Å². The second kappa shape index (κ2) is 13.0. The molecule has 1 saturated heterocycles. The molecule has 2 unspecified atom stereocenters. The molecule has 3 rings (SSSR count). The number of halogens is 1. The Hall–Kier alpha value is -1.88. The summed E-state index contributed by atoms with van der Waals surface area (Å²) < 4.78 is 16.6. The average Bonchev–Trinajstić information content (AvgIpc) is 2.75. The van der Waals surface area contributed by atoms with Crippen LogP contribution in [-0.2, 0) is 17.7 Å². The lowest BCUT2D eigenvalue weighted by Gasteiger charge is -2.30. The van der Waals surface area contributed by atoms with Gasteiger partial charge in [0.25, 0.3) is 0 Å². The number of methoxy groups -OCH3 is 1. The van der Waals surface area contributed by atoms with Gasteiger partial charge in [-0.2, -0.15) is 0 Å². The average molecular weight is 478 g/mol. The molecule has 2 N–H and O–H groups in total. The summed E-state index contributed by atoms with van der Waals surface area (Å²) in [7, 11) is 1.62. The number of ether oxygens (including phenoxy) is 3. The Labute approximate surface area is 202 Å². The van der Waals surface area contributed by atoms with Crippen molar-refractivity contribution in [1.82, 2.24) is 5.32 Å². The van der Waals surface area contributed by atoms with Gasteiger partial charge in [0.2, 0.25) is 0 Å². The highest BCUT2D eigenvalue weighted by molar-refractivity contribution is 7.80. The summed E-state index contributed by atoms with van der Waals surface area (Å²) in [6, 6.07) is 14.3. The lowest BCUT2D eigenvalue weighted by atomic mass is 9.95. The molecule has 0 saturated carbocycles. The first-order valence-electron chi connectivity index (χ1n) is 10.6. The second-order valence-electron chi connectivity index (χ2n) is 7.74. The van der Waals surface area contributed by atoms with E-state index in [4.69, 9.17) is 14.2 Å². The quantitative estimate of drug-likeness (QED) is 0.305. The highest BCUT2D eigenvalue weighted by Gasteiger charge is 2.31. The number of rotatable bonds is 8. The zero-order chi connectivity index (χ0) is 22.1. The van der Waals surface area contributed by atoms with Crippen LogP contribution in [0.4, 0.5) is 0 Å². The number of aliphatic hydroxyl groups is 1. The Bertz CT molecular complexity index is 930. The predicted molar refractivity (Wildman–Crippen MR) is 133 cm³/mol. The van der Waals surface area contributed by atoms with Crippen LogP contribution in [-0.4, -0.2) is 43.0 Å². The highest BCUT2D eigenvalue weighted by atomic mass is 35.5. The van der Waals surface area contributed by atoms with Crippen LogP contribution >= 0.6 is 25.0 Å². The van der Waals surface area contributed by atoms with Crippen LogP contribution in [0.25, 0.3) is 0 Å². The first-order valence-corrected chi connectivity index (χ1v) is 11.1. The molecule has 0 bridgehead atoms. The summed E-state index contributed by atoms with van der Waals surface area (Å²) in [6.07, 6.45) is 1.85. The summed E-state index contributed by atoms with van der Waals surface area (Å²) in [6.45, 7) is 4.39. The van der Waals surface area contributed by atoms with Gasteiger partial charge in [0, 0.05) is 19.4 Å². The van der Waals surface area contributed by atoms with E-state index in [2.05, 4.69) is 61.0 Å². The minimum Gasteiger partial charge on any atom is -0.493 e. The Kier molecular flexibility index (Phi) is 10.7. The molecule has 0 spiro atoms. The van der Waals surface area contributed by atoms with Crippen LogP contribution in [0.15, 0.2) is 42.5 Å². The SMILES string of the molecule is COc1ccc(CNCCc2ccccc2C)cc1OCC#CC1(O)CCOC(S)C1.Cl. The van der Waals surface area contributed by atoms with E-state index in [1.165, 1.54) is 11.1 Å². The van der Waals surface area contributed by atoms with E-state index in [0.717, 1.165) is 25.1 Å². The molecule has 5 nitrogen and oxygen atoms in total. The van der Waals surface area contributed by atoms with Gasteiger partial charge in [-0.25, -0.2) is 0 Å². The third-order valence-electron chi connectivity index (χ3n) is 5.35. The summed E-state index contributed by atoms with van der Waals surface area (Å²) in [5.41, 5.74) is 2.43. The second-order valence-corrected chi connectivity index (χ2v) is 8.32. The van der Waals surface area contributed by atoms with Crippen LogP contribution in [0.2, 0.25) is 0 Å². The molecule has 0 radical (unpaired) electrons. The zero-order valence-corrected chi connectivity index (χ0v) is 20.3. The van der Waals surface area contributed by atoms with Crippen LogP contribution in [0.1, 0.15) is 29.5 Å². The summed E-state index contributed by atoms with van der Waals surface area (Å²) in [5, 5.41) is 14.0. The Morgan fingerprint density at radius 1 is 1.25 bits per heavy atom. The number of benzene rings is 2. The van der Waals surface area contributed by atoms with E-state index in [1.807, 2.05) is 18.2 Å². The lowest BCUT2D eigenvalue weighted by Crippen LogP contribution is -2.37. The summed E-state index contributed by atoms with van der Waals surface area (Å²) in [4.78, 5) is 0. The van der Waals surface area contributed by atoms with Crippen LogP contribution in [0, 0.1) is 18.8 Å². The molecular weight excluding hydrogens is 446 g/mol. The fourth-order valence-electron chi connectivity index (χ4n) is 3.53. The van der Waals surface area contributed by atoms with Gasteiger partial charge < -0.3 is 24.6 Å². The summed E-state index contributed by atoms with van der Waals surface area (Å²) >= 11 is 4.27. The molecule has 0 amide bonds. The highest BCUT2D eigenvalue weighted by Crippen LogP contribution is 2.28. The van der Waals surface area contributed by atoms with E-state index >= 15 is 0 Å². The maximum absolute atomic E-state index is 10.5. The van der Waals surface area contributed by atoms with Gasteiger partial charge in [0.15, 0.2) is 11.5 Å². The molecule has 2 aromatic rings. The number of hydrogen-bond donors (Lipinski definition) is 3. The minimum atomic E-state index is -1.07. The van der Waals surface area contributed by atoms with Gasteiger partial charge >= 0.3 is 0 Å². The van der Waals surface area contributed by atoms with E-state index in [1.54, 1.807) is 7.11 Å². The molecule has 32 heavy (non-hydrogen) atoms. The number of thiol groups is 1. The molecule has 2 atom stereocenters. The minimum absolute atomic E-state index is 0. The fourth-order valence-corrected chi connectivity index (χ4v) is 3.94. The van der Waals surface area contributed by atoms with Crippen molar-refractivity contribution in [3.8, 4) is 23.3 Å². The molecule has 0 aliphatic carbocycles. The number of hydrogen-bond acceptors (Lipinski definition) is 6. The molecule has 7 heteroatoms. The van der Waals surface area contributed by atoms with Crippen molar-refractivity contribution in [3.63, 3.8) is 0 Å². The van der Waals surface area contributed by atoms with Gasteiger partial charge in [-0.05, 0) is 48.7 Å². The molecular formula is C25H32ClNO4S. The van der Waals surface area contributed by atoms with Crippen molar-refractivity contribution >= 4 is 25.0 Å². The van der Waals surface area contributed by atoms with Gasteiger partial charge in [-0.3, -0.25) is 0 Å². The fraction of sp³-hybridized carbons (Fsp3) is 0.440. The summed E-state index contributed by atoms with van der Waals surface area (Å²) in [5.74, 6) is 7.14. The maximum Gasteiger partial charge on any atom is 0.162 e. The van der Waals surface area contributed by atoms with Crippen molar-refractivity contribution in [2.75, 3.05) is 26.9 Å². The maximum atomic E-state index is 10.5. The van der Waals surface area contributed by atoms with Crippen molar-refractivity contribution in [1.29, 1.82) is 0 Å². The van der Waals surface area contributed by atoms with Gasteiger partial charge in [-0.15, -0.1) is 25.0 Å². The largest absolute Gasteiger partial charge is 0.493 e. The zero-order valence-electron chi connectivity index (χ0n) is 18.6. The van der Waals surface area contributed by atoms with Crippen LogP contribution < -0.4 is 14.8 Å². The standard InChI is InChI=1S/C25H31NO4S.ClH/c1-19-6-3-4-7-21(19)10-13-26-18-20-8-9-22(28-2)23(16-20)29-14-5-11-25(27)12-15-30-24(31)17-25;/h3-4,6-9,16,24,26-27,31H,10,12-15,17-18H2,1-2H3;1H. The smallest absolute Gasteiger partial charge is 0.162 e. The van der Waals surface area contributed by atoms with Gasteiger partial charge in [-0.1, -0.05) is 42.2 Å². The predicted octanol–water partition coefficient (Wildman–Crippen LogP) is 3.94. The molecule has 1 fully saturated rings. The first-order chi connectivity index (χ1) is 15.0. The van der Waals surface area contributed by atoms with E-state index in [9.17, 15) is 5.11 Å².